The van der Waals surface area contributed by atoms with Gasteiger partial charge in [-0.1, -0.05) is 26.0 Å². The zero-order valence-corrected chi connectivity index (χ0v) is 10.9. The first kappa shape index (κ1) is 12.7. The summed E-state index contributed by atoms with van der Waals surface area (Å²) in [5, 5.41) is 0. The van der Waals surface area contributed by atoms with Crippen LogP contribution >= 0.6 is 0 Å². The lowest BCUT2D eigenvalue weighted by Gasteiger charge is -2.19. The molecule has 1 rings (SSSR count). The van der Waals surface area contributed by atoms with Gasteiger partial charge in [0.1, 0.15) is 11.6 Å². The fraction of sp³-hybridized carbons (Fsp3) is 0.538. The zero-order chi connectivity index (χ0) is 12.3. The lowest BCUT2D eigenvalue weighted by molar-refractivity contribution is 0.759. The van der Waals surface area contributed by atoms with Crippen LogP contribution < -0.4 is 4.90 Å². The maximum absolute atomic E-state index is 4.56. The van der Waals surface area contributed by atoms with Crippen LogP contribution in [0.1, 0.15) is 38.2 Å². The standard InChI is InChI=1S/C13H21N3/c1-9(2)8-16(6)12-7-11(5)14-13(15-12)10(3)4/h7,10H,1,8H2,2-6H3. The van der Waals surface area contributed by atoms with Gasteiger partial charge < -0.3 is 4.90 Å². The monoisotopic (exact) mass is 219 g/mol. The van der Waals surface area contributed by atoms with Crippen molar-refractivity contribution in [1.82, 2.24) is 9.97 Å². The van der Waals surface area contributed by atoms with E-state index in [2.05, 4.69) is 35.3 Å². The van der Waals surface area contributed by atoms with Gasteiger partial charge in [0.05, 0.1) is 0 Å². The van der Waals surface area contributed by atoms with Gasteiger partial charge >= 0.3 is 0 Å². The number of hydrogen-bond acceptors (Lipinski definition) is 3. The summed E-state index contributed by atoms with van der Waals surface area (Å²) < 4.78 is 0. The highest BCUT2D eigenvalue weighted by Gasteiger charge is 2.09. The Bertz CT molecular complexity index is 383. The highest BCUT2D eigenvalue weighted by Crippen LogP contribution is 2.16. The number of likely N-dealkylation sites (N-methyl/N-ethyl adjacent to an activating group) is 1. The van der Waals surface area contributed by atoms with Crippen molar-refractivity contribution >= 4 is 5.82 Å². The third-order valence-corrected chi connectivity index (χ3v) is 2.27. The van der Waals surface area contributed by atoms with Crippen molar-refractivity contribution in [3.05, 3.63) is 29.7 Å². The Labute approximate surface area is 98.2 Å². The molecule has 1 aromatic rings. The Kier molecular flexibility index (Phi) is 4.05. The van der Waals surface area contributed by atoms with E-state index in [4.69, 9.17) is 0 Å². The van der Waals surface area contributed by atoms with Crippen LogP contribution in [0, 0.1) is 6.92 Å². The first-order chi connectivity index (χ1) is 7.40. The number of aryl methyl sites for hydroxylation is 1. The van der Waals surface area contributed by atoms with Gasteiger partial charge in [0.2, 0.25) is 0 Å². The fourth-order valence-corrected chi connectivity index (χ4v) is 1.51. The van der Waals surface area contributed by atoms with Gasteiger partial charge in [-0.25, -0.2) is 9.97 Å². The molecule has 0 aliphatic rings. The van der Waals surface area contributed by atoms with Crippen molar-refractivity contribution in [1.29, 1.82) is 0 Å². The molecule has 0 aromatic carbocycles. The zero-order valence-electron chi connectivity index (χ0n) is 10.9. The summed E-state index contributed by atoms with van der Waals surface area (Å²) in [5.74, 6) is 2.24. The van der Waals surface area contributed by atoms with Gasteiger partial charge in [-0.2, -0.15) is 0 Å². The maximum atomic E-state index is 4.56. The predicted octanol–water partition coefficient (Wildman–Crippen LogP) is 2.92. The molecule has 0 bridgehead atoms. The Balaban J connectivity index is 2.99. The van der Waals surface area contributed by atoms with E-state index in [-0.39, 0.29) is 0 Å². The summed E-state index contributed by atoms with van der Waals surface area (Å²) in [6.07, 6.45) is 0. The molecule has 3 heteroatoms. The Morgan fingerprint density at radius 3 is 2.56 bits per heavy atom. The molecule has 0 spiro atoms. The number of rotatable bonds is 4. The normalized spacial score (nSPS) is 10.6. The molecule has 0 saturated carbocycles. The van der Waals surface area contributed by atoms with E-state index in [9.17, 15) is 0 Å². The number of anilines is 1. The number of aromatic nitrogens is 2. The van der Waals surface area contributed by atoms with E-state index in [1.54, 1.807) is 0 Å². The van der Waals surface area contributed by atoms with E-state index in [0.717, 1.165) is 29.5 Å². The molecular formula is C13H21N3. The van der Waals surface area contributed by atoms with Crippen molar-refractivity contribution in [3.63, 3.8) is 0 Å². The average molecular weight is 219 g/mol. The van der Waals surface area contributed by atoms with Crippen molar-refractivity contribution in [2.24, 2.45) is 0 Å². The van der Waals surface area contributed by atoms with Crippen LogP contribution in [0.3, 0.4) is 0 Å². The van der Waals surface area contributed by atoms with Gasteiger partial charge in [0.25, 0.3) is 0 Å². The molecule has 0 fully saturated rings. The van der Waals surface area contributed by atoms with Crippen molar-refractivity contribution in [3.8, 4) is 0 Å². The molecule has 0 radical (unpaired) electrons. The van der Waals surface area contributed by atoms with Crippen LogP contribution in [0.4, 0.5) is 5.82 Å². The first-order valence-corrected chi connectivity index (χ1v) is 5.61. The summed E-state index contributed by atoms with van der Waals surface area (Å²) in [6, 6.07) is 2.01. The van der Waals surface area contributed by atoms with Crippen LogP contribution in [0.2, 0.25) is 0 Å². The molecule has 88 valence electrons. The van der Waals surface area contributed by atoms with E-state index < -0.39 is 0 Å². The second-order valence-electron chi connectivity index (χ2n) is 4.69. The Hall–Kier alpha value is -1.38. The van der Waals surface area contributed by atoms with Crippen molar-refractivity contribution in [2.75, 3.05) is 18.5 Å². The molecule has 0 unspecified atom stereocenters. The van der Waals surface area contributed by atoms with Crippen molar-refractivity contribution < 1.29 is 0 Å². The van der Waals surface area contributed by atoms with Gasteiger partial charge in [-0.15, -0.1) is 0 Å². The topological polar surface area (TPSA) is 29.0 Å². The molecule has 1 heterocycles. The van der Waals surface area contributed by atoms with Crippen LogP contribution in [0.15, 0.2) is 18.2 Å². The summed E-state index contributed by atoms with van der Waals surface area (Å²) in [7, 11) is 2.03. The van der Waals surface area contributed by atoms with Crippen molar-refractivity contribution in [2.45, 2.75) is 33.6 Å². The summed E-state index contributed by atoms with van der Waals surface area (Å²) in [6.45, 7) is 13.0. The fourth-order valence-electron chi connectivity index (χ4n) is 1.51. The molecule has 0 aliphatic heterocycles. The highest BCUT2D eigenvalue weighted by molar-refractivity contribution is 5.40. The first-order valence-electron chi connectivity index (χ1n) is 5.61. The second kappa shape index (κ2) is 5.10. The molecule has 0 N–H and O–H groups in total. The Morgan fingerprint density at radius 1 is 1.44 bits per heavy atom. The van der Waals surface area contributed by atoms with Crippen LogP contribution in [0.5, 0.6) is 0 Å². The highest BCUT2D eigenvalue weighted by atomic mass is 15.2. The van der Waals surface area contributed by atoms with Crippen LogP contribution in [-0.2, 0) is 0 Å². The molecule has 0 aliphatic carbocycles. The average Bonchev–Trinajstić information content (AvgIpc) is 2.15. The minimum atomic E-state index is 0.358. The van der Waals surface area contributed by atoms with Crippen LogP contribution in [0.25, 0.3) is 0 Å². The van der Waals surface area contributed by atoms with Gasteiger partial charge in [0.15, 0.2) is 0 Å². The smallest absolute Gasteiger partial charge is 0.133 e. The summed E-state index contributed by atoms with van der Waals surface area (Å²) in [5.41, 5.74) is 2.15. The van der Waals surface area contributed by atoms with E-state index >= 15 is 0 Å². The largest absolute Gasteiger partial charge is 0.356 e. The molecule has 1 aromatic heterocycles. The molecule has 0 saturated heterocycles. The third kappa shape index (κ3) is 3.33. The lowest BCUT2D eigenvalue weighted by Crippen LogP contribution is -2.21. The Morgan fingerprint density at radius 2 is 2.06 bits per heavy atom. The van der Waals surface area contributed by atoms with Gasteiger partial charge in [0, 0.05) is 31.3 Å². The minimum absolute atomic E-state index is 0.358. The molecule has 16 heavy (non-hydrogen) atoms. The third-order valence-electron chi connectivity index (χ3n) is 2.27. The molecular weight excluding hydrogens is 198 g/mol. The van der Waals surface area contributed by atoms with E-state index in [1.165, 1.54) is 0 Å². The summed E-state index contributed by atoms with van der Waals surface area (Å²) >= 11 is 0. The molecule has 3 nitrogen and oxygen atoms in total. The quantitative estimate of drug-likeness (QED) is 0.729. The van der Waals surface area contributed by atoms with Gasteiger partial charge in [-0.3, -0.25) is 0 Å². The number of nitrogens with zero attached hydrogens (tertiary/aromatic N) is 3. The van der Waals surface area contributed by atoms with Crippen LogP contribution in [-0.4, -0.2) is 23.6 Å². The second-order valence-corrected chi connectivity index (χ2v) is 4.69. The lowest BCUT2D eigenvalue weighted by atomic mass is 10.2. The SMILES string of the molecule is C=C(C)CN(C)c1cc(C)nc(C(C)C)n1. The summed E-state index contributed by atoms with van der Waals surface area (Å²) in [4.78, 5) is 11.1. The maximum Gasteiger partial charge on any atom is 0.133 e. The van der Waals surface area contributed by atoms with E-state index in [1.807, 2.05) is 27.0 Å². The molecule has 0 atom stereocenters. The predicted molar refractivity (Wildman–Crippen MR) is 68.9 cm³/mol. The number of hydrogen-bond donors (Lipinski definition) is 0. The minimum Gasteiger partial charge on any atom is -0.356 e. The van der Waals surface area contributed by atoms with Gasteiger partial charge in [-0.05, 0) is 13.8 Å². The molecule has 0 amide bonds. The van der Waals surface area contributed by atoms with E-state index in [0.29, 0.717) is 5.92 Å².